The molecule has 0 aliphatic heterocycles. The summed E-state index contributed by atoms with van der Waals surface area (Å²) in [6.45, 7) is 0. The van der Waals surface area contributed by atoms with Crippen molar-refractivity contribution in [2.45, 2.75) is 0 Å². The van der Waals surface area contributed by atoms with Crippen LogP contribution in [0.3, 0.4) is 0 Å². The smallest absolute Gasteiger partial charge is 0.169 e. The highest BCUT2D eigenvalue weighted by atomic mass is 35.5. The molecule has 2 N–H and O–H groups in total. The first-order valence-electron chi connectivity index (χ1n) is 5.06. The van der Waals surface area contributed by atoms with Gasteiger partial charge in [-0.15, -0.1) is 0 Å². The van der Waals surface area contributed by atoms with Gasteiger partial charge in [0.1, 0.15) is 5.75 Å². The van der Waals surface area contributed by atoms with Gasteiger partial charge in [0.25, 0.3) is 0 Å². The van der Waals surface area contributed by atoms with Gasteiger partial charge >= 0.3 is 0 Å². The Hall–Kier alpha value is -1.87. The average Bonchev–Trinajstić information content (AvgIpc) is 2.28. The van der Waals surface area contributed by atoms with Crippen LogP contribution in [0, 0.1) is 0 Å². The zero-order valence-corrected chi connectivity index (χ0v) is 10.1. The lowest BCUT2D eigenvalue weighted by Crippen LogP contribution is -1.91. The monoisotopic (exact) mass is 249 g/mol. The number of methoxy groups -OCH3 is 1. The van der Waals surface area contributed by atoms with Crippen LogP contribution in [0.5, 0.6) is 17.2 Å². The standard InChI is InChI=1S/C13H12ClNO2/c1-16-12-4-2-3-5-13(12)17-11-7-9(14)6-10(15)8-11/h2-8H,15H2,1H3. The molecule has 0 saturated carbocycles. The fraction of sp³-hybridized carbons (Fsp3) is 0.0769. The Morgan fingerprint density at radius 1 is 1.06 bits per heavy atom. The summed E-state index contributed by atoms with van der Waals surface area (Å²) in [5.74, 6) is 1.86. The van der Waals surface area contributed by atoms with Crippen molar-refractivity contribution in [3.05, 3.63) is 47.5 Å². The van der Waals surface area contributed by atoms with Crippen molar-refractivity contribution >= 4 is 17.3 Å². The number of hydrogen-bond donors (Lipinski definition) is 1. The fourth-order valence-corrected chi connectivity index (χ4v) is 1.71. The van der Waals surface area contributed by atoms with E-state index >= 15 is 0 Å². The van der Waals surface area contributed by atoms with Crippen LogP contribution in [0.2, 0.25) is 5.02 Å². The first kappa shape index (κ1) is 11.6. The van der Waals surface area contributed by atoms with E-state index in [0.717, 1.165) is 0 Å². The van der Waals surface area contributed by atoms with Crippen molar-refractivity contribution < 1.29 is 9.47 Å². The van der Waals surface area contributed by atoms with E-state index in [-0.39, 0.29) is 0 Å². The van der Waals surface area contributed by atoms with Crippen LogP contribution >= 0.6 is 11.6 Å². The number of halogens is 1. The molecule has 0 radical (unpaired) electrons. The van der Waals surface area contributed by atoms with Gasteiger partial charge in [0.05, 0.1) is 7.11 Å². The van der Waals surface area contributed by atoms with E-state index in [9.17, 15) is 0 Å². The van der Waals surface area contributed by atoms with E-state index in [4.69, 9.17) is 26.8 Å². The van der Waals surface area contributed by atoms with Gasteiger partial charge in [0, 0.05) is 16.8 Å². The molecule has 2 aromatic carbocycles. The van der Waals surface area contributed by atoms with Crippen LogP contribution in [0.25, 0.3) is 0 Å². The molecule has 4 heteroatoms. The number of hydrogen-bond acceptors (Lipinski definition) is 3. The molecule has 0 bridgehead atoms. The predicted molar refractivity (Wildman–Crippen MR) is 68.9 cm³/mol. The normalized spacial score (nSPS) is 10.0. The van der Waals surface area contributed by atoms with E-state index < -0.39 is 0 Å². The predicted octanol–water partition coefficient (Wildman–Crippen LogP) is 3.72. The summed E-state index contributed by atoms with van der Waals surface area (Å²) in [5.41, 5.74) is 6.25. The molecule has 0 unspecified atom stereocenters. The van der Waals surface area contributed by atoms with Gasteiger partial charge in [-0.25, -0.2) is 0 Å². The van der Waals surface area contributed by atoms with Gasteiger partial charge in [-0.2, -0.15) is 0 Å². The van der Waals surface area contributed by atoms with Gasteiger partial charge in [0.15, 0.2) is 11.5 Å². The summed E-state index contributed by atoms with van der Waals surface area (Å²) >= 11 is 5.90. The van der Waals surface area contributed by atoms with E-state index in [0.29, 0.717) is 28.0 Å². The molecule has 0 heterocycles. The van der Waals surface area contributed by atoms with Gasteiger partial charge < -0.3 is 15.2 Å². The minimum Gasteiger partial charge on any atom is -0.493 e. The molecule has 0 saturated heterocycles. The lowest BCUT2D eigenvalue weighted by molar-refractivity contribution is 0.379. The minimum absolute atomic E-state index is 0.537. The summed E-state index contributed by atoms with van der Waals surface area (Å²) in [6, 6.07) is 12.4. The summed E-state index contributed by atoms with van der Waals surface area (Å²) in [7, 11) is 1.59. The van der Waals surface area contributed by atoms with Crippen LogP contribution in [-0.4, -0.2) is 7.11 Å². The summed E-state index contributed by atoms with van der Waals surface area (Å²) in [6.07, 6.45) is 0. The van der Waals surface area contributed by atoms with E-state index in [2.05, 4.69) is 0 Å². The molecule has 0 aromatic heterocycles. The highest BCUT2D eigenvalue weighted by Gasteiger charge is 2.05. The minimum atomic E-state index is 0.537. The third kappa shape index (κ3) is 2.82. The molecule has 88 valence electrons. The number of benzene rings is 2. The van der Waals surface area contributed by atoms with Crippen molar-refractivity contribution in [2.75, 3.05) is 12.8 Å². The third-order valence-corrected chi connectivity index (χ3v) is 2.41. The maximum atomic E-state index is 5.90. The molecule has 0 spiro atoms. The fourth-order valence-electron chi connectivity index (χ4n) is 1.47. The Morgan fingerprint density at radius 2 is 1.76 bits per heavy atom. The van der Waals surface area contributed by atoms with Crippen LogP contribution in [0.1, 0.15) is 0 Å². The third-order valence-electron chi connectivity index (χ3n) is 2.19. The van der Waals surface area contributed by atoms with Crippen molar-refractivity contribution in [1.29, 1.82) is 0 Å². The molecule has 0 atom stereocenters. The molecular weight excluding hydrogens is 238 g/mol. The number of nitrogen functional groups attached to an aromatic ring is 1. The van der Waals surface area contributed by atoms with Crippen LogP contribution < -0.4 is 15.2 Å². The highest BCUT2D eigenvalue weighted by molar-refractivity contribution is 6.31. The number of rotatable bonds is 3. The zero-order valence-electron chi connectivity index (χ0n) is 9.31. The van der Waals surface area contributed by atoms with Crippen molar-refractivity contribution in [1.82, 2.24) is 0 Å². The number of anilines is 1. The van der Waals surface area contributed by atoms with Crippen molar-refractivity contribution in [2.24, 2.45) is 0 Å². The molecule has 0 aliphatic rings. The van der Waals surface area contributed by atoms with E-state index in [1.165, 1.54) is 0 Å². The lowest BCUT2D eigenvalue weighted by Gasteiger charge is -2.10. The second-order valence-electron chi connectivity index (χ2n) is 3.47. The maximum absolute atomic E-state index is 5.90. The molecule has 2 rings (SSSR count). The zero-order chi connectivity index (χ0) is 12.3. The van der Waals surface area contributed by atoms with E-state index in [1.54, 1.807) is 25.3 Å². The lowest BCUT2D eigenvalue weighted by atomic mass is 10.3. The van der Waals surface area contributed by atoms with Crippen LogP contribution in [-0.2, 0) is 0 Å². The largest absolute Gasteiger partial charge is 0.493 e. The molecule has 2 aromatic rings. The van der Waals surface area contributed by atoms with Gasteiger partial charge in [-0.1, -0.05) is 23.7 Å². The molecule has 0 aliphatic carbocycles. The number of nitrogens with two attached hydrogens (primary N) is 1. The topological polar surface area (TPSA) is 44.5 Å². The quantitative estimate of drug-likeness (QED) is 0.843. The summed E-state index contributed by atoms with van der Waals surface area (Å²) in [4.78, 5) is 0. The summed E-state index contributed by atoms with van der Waals surface area (Å²) in [5, 5.41) is 0.537. The number of para-hydroxylation sites is 2. The molecule has 0 amide bonds. The SMILES string of the molecule is COc1ccccc1Oc1cc(N)cc(Cl)c1. The molecule has 17 heavy (non-hydrogen) atoms. The Morgan fingerprint density at radius 3 is 2.41 bits per heavy atom. The van der Waals surface area contributed by atoms with Gasteiger partial charge in [-0.3, -0.25) is 0 Å². The Balaban J connectivity index is 2.31. The van der Waals surface area contributed by atoms with Crippen molar-refractivity contribution in [3.63, 3.8) is 0 Å². The van der Waals surface area contributed by atoms with E-state index in [1.807, 2.05) is 24.3 Å². The summed E-state index contributed by atoms with van der Waals surface area (Å²) < 4.78 is 10.9. The maximum Gasteiger partial charge on any atom is 0.169 e. The first-order valence-corrected chi connectivity index (χ1v) is 5.44. The Labute approximate surface area is 105 Å². The molecule has 0 fully saturated rings. The van der Waals surface area contributed by atoms with Gasteiger partial charge in [-0.05, 0) is 24.3 Å². The number of ether oxygens (including phenoxy) is 2. The highest BCUT2D eigenvalue weighted by Crippen LogP contribution is 2.32. The molecule has 3 nitrogen and oxygen atoms in total. The van der Waals surface area contributed by atoms with Gasteiger partial charge in [0.2, 0.25) is 0 Å². The van der Waals surface area contributed by atoms with Crippen molar-refractivity contribution in [3.8, 4) is 17.2 Å². The Bertz CT molecular complexity index is 508. The van der Waals surface area contributed by atoms with Crippen LogP contribution in [0.15, 0.2) is 42.5 Å². The first-order chi connectivity index (χ1) is 8.19. The second-order valence-corrected chi connectivity index (χ2v) is 3.91. The second kappa shape index (κ2) is 4.97. The van der Waals surface area contributed by atoms with Crippen LogP contribution in [0.4, 0.5) is 5.69 Å². The average molecular weight is 250 g/mol. The Kier molecular flexibility index (Phi) is 3.40. The molecular formula is C13H12ClNO2.